The number of benzene rings is 1. The van der Waals surface area contributed by atoms with Gasteiger partial charge in [-0.05, 0) is 38.5 Å². The SMILES string of the molecule is CC(C)(C)OC(=O)NC(Cc1ccccc1)C(=O)Nc1nc(-c2ccccn2)cs1. The zero-order chi connectivity index (χ0) is 21.6. The van der Waals surface area contributed by atoms with Gasteiger partial charge in [-0.15, -0.1) is 11.3 Å². The van der Waals surface area contributed by atoms with Crippen LogP contribution in [0.25, 0.3) is 11.4 Å². The van der Waals surface area contributed by atoms with E-state index in [0.29, 0.717) is 17.2 Å². The molecule has 1 aromatic carbocycles. The summed E-state index contributed by atoms with van der Waals surface area (Å²) in [6.07, 6.45) is 1.37. The summed E-state index contributed by atoms with van der Waals surface area (Å²) in [6, 6.07) is 14.2. The number of rotatable bonds is 6. The van der Waals surface area contributed by atoms with Crippen molar-refractivity contribution < 1.29 is 14.3 Å². The van der Waals surface area contributed by atoms with Crippen LogP contribution in [0, 0.1) is 0 Å². The highest BCUT2D eigenvalue weighted by Gasteiger charge is 2.25. The molecule has 2 aromatic heterocycles. The van der Waals surface area contributed by atoms with Crippen LogP contribution in [0.15, 0.2) is 60.1 Å². The Balaban J connectivity index is 1.72. The Morgan fingerprint density at radius 2 is 1.80 bits per heavy atom. The van der Waals surface area contributed by atoms with Crippen LogP contribution in [0.5, 0.6) is 0 Å². The summed E-state index contributed by atoms with van der Waals surface area (Å²) in [6.45, 7) is 5.31. The number of aromatic nitrogens is 2. The number of amides is 2. The first-order valence-electron chi connectivity index (χ1n) is 9.51. The van der Waals surface area contributed by atoms with Gasteiger partial charge in [0.05, 0.1) is 5.69 Å². The summed E-state index contributed by atoms with van der Waals surface area (Å²) in [4.78, 5) is 33.9. The fraction of sp³-hybridized carbons (Fsp3) is 0.273. The van der Waals surface area contributed by atoms with Gasteiger partial charge in [0, 0.05) is 18.0 Å². The van der Waals surface area contributed by atoms with Crippen LogP contribution < -0.4 is 10.6 Å². The van der Waals surface area contributed by atoms with Crippen LogP contribution in [-0.4, -0.2) is 33.6 Å². The van der Waals surface area contributed by atoms with E-state index in [9.17, 15) is 9.59 Å². The average Bonchev–Trinajstić information content (AvgIpc) is 3.16. The number of anilines is 1. The molecule has 0 aliphatic heterocycles. The van der Waals surface area contributed by atoms with E-state index in [1.54, 1.807) is 27.0 Å². The molecule has 7 nitrogen and oxygen atoms in total. The van der Waals surface area contributed by atoms with Crippen molar-refractivity contribution in [2.75, 3.05) is 5.32 Å². The molecule has 30 heavy (non-hydrogen) atoms. The number of carbonyl (C=O) groups is 2. The summed E-state index contributed by atoms with van der Waals surface area (Å²) in [5.41, 5.74) is 1.66. The minimum atomic E-state index is -0.815. The second-order valence-electron chi connectivity index (χ2n) is 7.63. The van der Waals surface area contributed by atoms with Gasteiger partial charge in [-0.2, -0.15) is 0 Å². The van der Waals surface area contributed by atoms with Gasteiger partial charge < -0.3 is 15.4 Å². The maximum Gasteiger partial charge on any atom is 0.408 e. The average molecular weight is 425 g/mol. The Morgan fingerprint density at radius 3 is 2.47 bits per heavy atom. The standard InChI is InChI=1S/C22H24N4O3S/c1-22(2,3)29-21(28)25-17(13-15-9-5-4-6-10-15)19(27)26-20-24-18(14-30-20)16-11-7-8-12-23-16/h4-12,14,17H,13H2,1-3H3,(H,25,28)(H,24,26,27). The molecule has 8 heteroatoms. The van der Waals surface area contributed by atoms with Gasteiger partial charge in [0.25, 0.3) is 0 Å². The maximum atomic E-state index is 12.9. The van der Waals surface area contributed by atoms with Crippen LogP contribution in [0.4, 0.5) is 9.93 Å². The molecule has 2 N–H and O–H groups in total. The highest BCUT2D eigenvalue weighted by atomic mass is 32.1. The monoisotopic (exact) mass is 424 g/mol. The summed E-state index contributed by atoms with van der Waals surface area (Å²) in [7, 11) is 0. The second-order valence-corrected chi connectivity index (χ2v) is 8.49. The fourth-order valence-corrected chi connectivity index (χ4v) is 3.37. The zero-order valence-corrected chi connectivity index (χ0v) is 17.9. The second kappa shape index (κ2) is 9.49. The lowest BCUT2D eigenvalue weighted by Gasteiger charge is -2.23. The van der Waals surface area contributed by atoms with E-state index in [1.165, 1.54) is 11.3 Å². The normalized spacial score (nSPS) is 12.1. The van der Waals surface area contributed by atoms with E-state index in [1.807, 2.05) is 53.9 Å². The molecule has 0 fully saturated rings. The fourth-order valence-electron chi connectivity index (χ4n) is 2.66. The van der Waals surface area contributed by atoms with Gasteiger partial charge in [0.1, 0.15) is 17.3 Å². The highest BCUT2D eigenvalue weighted by molar-refractivity contribution is 7.14. The number of pyridine rings is 1. The van der Waals surface area contributed by atoms with Gasteiger partial charge in [-0.3, -0.25) is 9.78 Å². The molecule has 0 aliphatic rings. The molecule has 3 aromatic rings. The van der Waals surface area contributed by atoms with E-state index < -0.39 is 17.7 Å². The molecule has 0 saturated carbocycles. The smallest absolute Gasteiger partial charge is 0.408 e. The molecule has 0 aliphatic carbocycles. The quantitative estimate of drug-likeness (QED) is 0.616. The summed E-state index contributed by atoms with van der Waals surface area (Å²) >= 11 is 1.30. The predicted octanol–water partition coefficient (Wildman–Crippen LogP) is 4.28. The molecular weight excluding hydrogens is 400 g/mol. The number of nitrogens with zero attached hydrogens (tertiary/aromatic N) is 2. The van der Waals surface area contributed by atoms with Gasteiger partial charge in [-0.25, -0.2) is 9.78 Å². The number of ether oxygens (including phenoxy) is 1. The number of carbonyl (C=O) groups excluding carboxylic acids is 2. The molecule has 1 unspecified atom stereocenters. The maximum absolute atomic E-state index is 12.9. The van der Waals surface area contributed by atoms with Crippen LogP contribution in [0.2, 0.25) is 0 Å². The molecule has 3 rings (SSSR count). The molecule has 0 radical (unpaired) electrons. The Hall–Kier alpha value is -3.26. The van der Waals surface area contributed by atoms with Gasteiger partial charge in [0.2, 0.25) is 5.91 Å². The van der Waals surface area contributed by atoms with Gasteiger partial charge in [0.15, 0.2) is 5.13 Å². The minimum Gasteiger partial charge on any atom is -0.444 e. The van der Waals surface area contributed by atoms with E-state index in [0.717, 1.165) is 11.3 Å². The molecule has 2 heterocycles. The van der Waals surface area contributed by atoms with E-state index in [2.05, 4.69) is 20.6 Å². The van der Waals surface area contributed by atoms with E-state index in [4.69, 9.17) is 4.74 Å². The Kier molecular flexibility index (Phi) is 6.79. The number of nitrogens with one attached hydrogen (secondary N) is 2. The van der Waals surface area contributed by atoms with Gasteiger partial charge >= 0.3 is 6.09 Å². The topological polar surface area (TPSA) is 93.2 Å². The molecule has 1 atom stereocenters. The molecule has 0 spiro atoms. The van der Waals surface area contributed by atoms with E-state index >= 15 is 0 Å². The van der Waals surface area contributed by atoms with Crippen molar-refractivity contribution in [2.24, 2.45) is 0 Å². The molecular formula is C22H24N4O3S. The van der Waals surface area contributed by atoms with Crippen molar-refractivity contribution >= 4 is 28.5 Å². The van der Waals surface area contributed by atoms with Crippen molar-refractivity contribution in [3.63, 3.8) is 0 Å². The van der Waals surface area contributed by atoms with Crippen molar-refractivity contribution in [1.29, 1.82) is 0 Å². The lowest BCUT2D eigenvalue weighted by molar-refractivity contribution is -0.118. The van der Waals surface area contributed by atoms with E-state index in [-0.39, 0.29) is 5.91 Å². The third-order valence-corrected chi connectivity index (χ3v) is 4.71. The largest absolute Gasteiger partial charge is 0.444 e. The van der Waals surface area contributed by atoms with Crippen LogP contribution in [0.1, 0.15) is 26.3 Å². The zero-order valence-electron chi connectivity index (χ0n) is 17.1. The first-order chi connectivity index (χ1) is 14.3. The molecule has 156 valence electrons. The molecule has 2 amide bonds. The van der Waals surface area contributed by atoms with Crippen molar-refractivity contribution in [1.82, 2.24) is 15.3 Å². The van der Waals surface area contributed by atoms with Crippen LogP contribution >= 0.6 is 11.3 Å². The van der Waals surface area contributed by atoms with Crippen molar-refractivity contribution in [3.8, 4) is 11.4 Å². The Bertz CT molecular complexity index is 984. The summed E-state index contributed by atoms with van der Waals surface area (Å²) < 4.78 is 5.32. The summed E-state index contributed by atoms with van der Waals surface area (Å²) in [5.74, 6) is -0.369. The third kappa shape index (κ3) is 6.38. The predicted molar refractivity (Wildman–Crippen MR) is 117 cm³/mol. The minimum absolute atomic E-state index is 0.324. The lowest BCUT2D eigenvalue weighted by Crippen LogP contribution is -2.47. The first-order valence-corrected chi connectivity index (χ1v) is 10.4. The Labute approximate surface area is 179 Å². The van der Waals surface area contributed by atoms with Gasteiger partial charge in [-0.1, -0.05) is 36.4 Å². The van der Waals surface area contributed by atoms with Crippen molar-refractivity contribution in [3.05, 3.63) is 65.7 Å². The third-order valence-electron chi connectivity index (χ3n) is 3.95. The Morgan fingerprint density at radius 1 is 1.07 bits per heavy atom. The number of thiazole rings is 1. The number of hydrogen-bond donors (Lipinski definition) is 2. The number of hydrogen-bond acceptors (Lipinski definition) is 6. The number of alkyl carbamates (subject to hydrolysis) is 1. The van der Waals surface area contributed by atoms with Crippen molar-refractivity contribution in [2.45, 2.75) is 38.8 Å². The van der Waals surface area contributed by atoms with Crippen LogP contribution in [0.3, 0.4) is 0 Å². The summed E-state index contributed by atoms with van der Waals surface area (Å²) in [5, 5.41) is 7.72. The molecule has 0 saturated heterocycles. The highest BCUT2D eigenvalue weighted by Crippen LogP contribution is 2.23. The van der Waals surface area contributed by atoms with Crippen LogP contribution in [-0.2, 0) is 16.0 Å². The molecule has 0 bridgehead atoms. The first kappa shape index (κ1) is 21.4. The lowest BCUT2D eigenvalue weighted by atomic mass is 10.1.